The number of piperidine rings is 1. The van der Waals surface area contributed by atoms with Crippen molar-refractivity contribution in [3.8, 4) is 6.07 Å². The minimum Gasteiger partial charge on any atom is -0.397 e. The summed E-state index contributed by atoms with van der Waals surface area (Å²) < 4.78 is 0. The first-order valence-electron chi connectivity index (χ1n) is 4.85. The van der Waals surface area contributed by atoms with Gasteiger partial charge in [0.25, 0.3) is 0 Å². The van der Waals surface area contributed by atoms with E-state index in [-0.39, 0.29) is 0 Å². The van der Waals surface area contributed by atoms with Crippen molar-refractivity contribution in [3.05, 3.63) is 10.9 Å². The highest BCUT2D eigenvalue weighted by Gasteiger charge is 2.14. The van der Waals surface area contributed by atoms with Crippen LogP contribution in [0.4, 0.5) is 10.7 Å². The van der Waals surface area contributed by atoms with Crippen LogP contribution in [-0.2, 0) is 0 Å². The number of hydrogen-bond donors (Lipinski definition) is 1. The van der Waals surface area contributed by atoms with E-state index in [0.29, 0.717) is 10.6 Å². The van der Waals surface area contributed by atoms with Crippen LogP contribution in [0.5, 0.6) is 0 Å². The summed E-state index contributed by atoms with van der Waals surface area (Å²) >= 11 is 1.51. The van der Waals surface area contributed by atoms with Crippen molar-refractivity contribution >= 4 is 22.0 Å². The fraction of sp³-hybridized carbons (Fsp3) is 0.500. The molecular weight excluding hydrogens is 194 g/mol. The summed E-state index contributed by atoms with van der Waals surface area (Å²) in [4.78, 5) is 2.97. The zero-order valence-corrected chi connectivity index (χ0v) is 8.81. The second kappa shape index (κ2) is 3.89. The zero-order valence-electron chi connectivity index (χ0n) is 7.99. The second-order valence-corrected chi connectivity index (χ2v) is 4.56. The van der Waals surface area contributed by atoms with E-state index in [9.17, 15) is 0 Å². The summed E-state index contributed by atoms with van der Waals surface area (Å²) in [5.41, 5.74) is 6.34. The van der Waals surface area contributed by atoms with Crippen LogP contribution < -0.4 is 10.6 Å². The Balaban J connectivity index is 2.19. The summed E-state index contributed by atoms with van der Waals surface area (Å²) in [5.74, 6) is 0. The highest BCUT2D eigenvalue weighted by atomic mass is 32.1. The van der Waals surface area contributed by atoms with Gasteiger partial charge >= 0.3 is 0 Å². The largest absolute Gasteiger partial charge is 0.397 e. The Labute approximate surface area is 87.7 Å². The lowest BCUT2D eigenvalue weighted by Gasteiger charge is -2.26. The molecule has 0 saturated carbocycles. The van der Waals surface area contributed by atoms with Gasteiger partial charge in [0.15, 0.2) is 0 Å². The van der Waals surface area contributed by atoms with E-state index in [4.69, 9.17) is 11.0 Å². The van der Waals surface area contributed by atoms with Crippen LogP contribution in [-0.4, -0.2) is 13.1 Å². The van der Waals surface area contributed by atoms with Gasteiger partial charge < -0.3 is 10.6 Å². The molecule has 2 rings (SSSR count). The predicted octanol–water partition coefficient (Wildman–Crippen LogP) is 2.19. The van der Waals surface area contributed by atoms with Crippen LogP contribution in [0.1, 0.15) is 24.1 Å². The third-order valence-electron chi connectivity index (χ3n) is 2.52. The summed E-state index contributed by atoms with van der Waals surface area (Å²) in [5, 5.41) is 9.94. The molecule has 0 bridgehead atoms. The first kappa shape index (κ1) is 9.35. The average molecular weight is 207 g/mol. The standard InChI is InChI=1S/C10H13N3S/c11-7-9-8(12)6-10(14-9)13-4-2-1-3-5-13/h6H,1-5,12H2. The fourth-order valence-corrected chi connectivity index (χ4v) is 2.68. The van der Waals surface area contributed by atoms with Gasteiger partial charge in [0.1, 0.15) is 10.9 Å². The normalized spacial score (nSPS) is 16.6. The zero-order chi connectivity index (χ0) is 9.97. The van der Waals surface area contributed by atoms with Crippen molar-refractivity contribution < 1.29 is 0 Å². The van der Waals surface area contributed by atoms with Crippen molar-refractivity contribution in [2.24, 2.45) is 0 Å². The van der Waals surface area contributed by atoms with E-state index in [0.717, 1.165) is 18.1 Å². The Kier molecular flexibility index (Phi) is 2.60. The van der Waals surface area contributed by atoms with E-state index < -0.39 is 0 Å². The monoisotopic (exact) mass is 207 g/mol. The first-order chi connectivity index (χ1) is 6.81. The van der Waals surface area contributed by atoms with Crippen LogP contribution in [0, 0.1) is 11.3 Å². The van der Waals surface area contributed by atoms with Crippen LogP contribution in [0.3, 0.4) is 0 Å². The van der Waals surface area contributed by atoms with Crippen molar-refractivity contribution in [2.45, 2.75) is 19.3 Å². The molecule has 1 aromatic rings. The van der Waals surface area contributed by atoms with Gasteiger partial charge in [-0.2, -0.15) is 5.26 Å². The molecule has 1 saturated heterocycles. The van der Waals surface area contributed by atoms with E-state index in [2.05, 4.69) is 11.0 Å². The number of anilines is 2. The fourth-order valence-electron chi connectivity index (χ4n) is 1.75. The molecule has 0 aromatic carbocycles. The first-order valence-corrected chi connectivity index (χ1v) is 5.67. The van der Waals surface area contributed by atoms with Gasteiger partial charge in [0.2, 0.25) is 0 Å². The van der Waals surface area contributed by atoms with Gasteiger partial charge in [0, 0.05) is 13.1 Å². The number of nitriles is 1. The third-order valence-corrected chi connectivity index (χ3v) is 3.63. The molecule has 4 heteroatoms. The minimum absolute atomic E-state index is 0.623. The van der Waals surface area contributed by atoms with Gasteiger partial charge in [-0.05, 0) is 25.3 Å². The molecule has 2 heterocycles. The maximum Gasteiger partial charge on any atom is 0.129 e. The number of rotatable bonds is 1. The highest BCUT2D eigenvalue weighted by molar-refractivity contribution is 7.17. The lowest BCUT2D eigenvalue weighted by Crippen LogP contribution is -2.28. The minimum atomic E-state index is 0.623. The molecule has 1 fully saturated rings. The molecular formula is C10H13N3S. The molecule has 2 N–H and O–H groups in total. The smallest absolute Gasteiger partial charge is 0.129 e. The molecule has 3 nitrogen and oxygen atoms in total. The van der Waals surface area contributed by atoms with Crippen molar-refractivity contribution in [1.82, 2.24) is 0 Å². The topological polar surface area (TPSA) is 53.0 Å². The number of nitrogens with two attached hydrogens (primary N) is 1. The Morgan fingerprint density at radius 3 is 2.64 bits per heavy atom. The molecule has 1 aromatic heterocycles. The van der Waals surface area contributed by atoms with Crippen molar-refractivity contribution in [2.75, 3.05) is 23.7 Å². The average Bonchev–Trinajstić information content (AvgIpc) is 2.61. The van der Waals surface area contributed by atoms with Gasteiger partial charge in [0.05, 0.1) is 10.7 Å². The molecule has 14 heavy (non-hydrogen) atoms. The van der Waals surface area contributed by atoms with Gasteiger partial charge in [-0.25, -0.2) is 0 Å². The lowest BCUT2D eigenvalue weighted by molar-refractivity contribution is 0.580. The molecule has 0 aliphatic carbocycles. The van der Waals surface area contributed by atoms with Gasteiger partial charge in [-0.15, -0.1) is 11.3 Å². The Hall–Kier alpha value is -1.21. The molecule has 0 radical (unpaired) electrons. The Bertz CT molecular complexity index is 358. The number of nitrogen functional groups attached to an aromatic ring is 1. The predicted molar refractivity (Wildman–Crippen MR) is 59.5 cm³/mol. The highest BCUT2D eigenvalue weighted by Crippen LogP contribution is 2.32. The molecule has 0 unspecified atom stereocenters. The van der Waals surface area contributed by atoms with Crippen molar-refractivity contribution in [1.29, 1.82) is 5.26 Å². The summed E-state index contributed by atoms with van der Waals surface area (Å²) in [6, 6.07) is 4.05. The maximum absolute atomic E-state index is 8.79. The summed E-state index contributed by atoms with van der Waals surface area (Å²) in [6.45, 7) is 2.20. The maximum atomic E-state index is 8.79. The second-order valence-electron chi connectivity index (χ2n) is 3.53. The van der Waals surface area contributed by atoms with Gasteiger partial charge in [-0.1, -0.05) is 0 Å². The number of thiophene rings is 1. The van der Waals surface area contributed by atoms with Crippen LogP contribution >= 0.6 is 11.3 Å². The molecule has 1 aliphatic heterocycles. The summed E-state index contributed by atoms with van der Waals surface area (Å²) in [7, 11) is 0. The molecule has 0 spiro atoms. The molecule has 0 amide bonds. The Morgan fingerprint density at radius 2 is 2.07 bits per heavy atom. The number of nitrogens with zero attached hydrogens (tertiary/aromatic N) is 2. The van der Waals surface area contributed by atoms with E-state index in [1.807, 2.05) is 6.07 Å². The van der Waals surface area contributed by atoms with Crippen molar-refractivity contribution in [3.63, 3.8) is 0 Å². The number of hydrogen-bond acceptors (Lipinski definition) is 4. The lowest BCUT2D eigenvalue weighted by atomic mass is 10.1. The third kappa shape index (κ3) is 1.68. The quantitative estimate of drug-likeness (QED) is 0.768. The van der Waals surface area contributed by atoms with Crippen LogP contribution in [0.2, 0.25) is 0 Å². The van der Waals surface area contributed by atoms with E-state index in [1.54, 1.807) is 0 Å². The Morgan fingerprint density at radius 1 is 1.36 bits per heavy atom. The molecule has 0 atom stereocenters. The van der Waals surface area contributed by atoms with Crippen LogP contribution in [0.25, 0.3) is 0 Å². The molecule has 1 aliphatic rings. The van der Waals surface area contributed by atoms with Crippen LogP contribution in [0.15, 0.2) is 6.07 Å². The van der Waals surface area contributed by atoms with E-state index >= 15 is 0 Å². The summed E-state index contributed by atoms with van der Waals surface area (Å²) in [6.07, 6.45) is 3.82. The SMILES string of the molecule is N#Cc1sc(N2CCCCC2)cc1N. The van der Waals surface area contributed by atoms with Gasteiger partial charge in [-0.3, -0.25) is 0 Å². The molecule has 74 valence electrons. The van der Waals surface area contributed by atoms with E-state index in [1.165, 1.54) is 30.6 Å².